The number of hydrogen-bond donors (Lipinski definition) is 2. The third kappa shape index (κ3) is 3.54. The third-order valence-electron chi connectivity index (χ3n) is 3.93. The molecular weight excluding hydrogens is 330 g/mol. The Morgan fingerprint density at radius 3 is 2.73 bits per heavy atom. The zero-order valence-corrected chi connectivity index (χ0v) is 14.2. The summed E-state index contributed by atoms with van der Waals surface area (Å²) in [7, 11) is 0. The molecule has 0 fully saturated rings. The van der Waals surface area contributed by atoms with Gasteiger partial charge in [-0.1, -0.05) is 5.92 Å². The van der Waals surface area contributed by atoms with Crippen LogP contribution in [0.4, 0.5) is 11.6 Å². The number of ketones is 1. The summed E-state index contributed by atoms with van der Waals surface area (Å²) in [5.41, 5.74) is 7.80. The number of nitrogens with two attached hydrogens (primary N) is 1. The molecule has 0 aliphatic heterocycles. The Bertz CT molecular complexity index is 1060. The van der Waals surface area contributed by atoms with Crippen molar-refractivity contribution in [2.45, 2.75) is 13.5 Å². The maximum absolute atomic E-state index is 12.0. The number of carbonyl (C=O) groups excluding carboxylic acids is 1. The lowest BCUT2D eigenvalue weighted by Crippen LogP contribution is -2.23. The van der Waals surface area contributed by atoms with Gasteiger partial charge in [0.25, 0.3) is 5.56 Å². The Morgan fingerprint density at radius 2 is 2.08 bits per heavy atom. The number of Topliss-reactive ketones (excluding diaryl/α,β-unsaturated/α-hetero) is 1. The third-order valence-corrected chi connectivity index (χ3v) is 3.93. The lowest BCUT2D eigenvalue weighted by atomic mass is 10.1. The number of nitrogens with zero attached hydrogens (tertiary/aromatic N) is 3. The minimum Gasteiger partial charge on any atom is -0.369 e. The number of fused-ring (bicyclic) bond motifs is 1. The van der Waals surface area contributed by atoms with E-state index in [9.17, 15) is 9.59 Å². The predicted molar refractivity (Wildman–Crippen MR) is 101 cm³/mol. The summed E-state index contributed by atoms with van der Waals surface area (Å²) < 4.78 is 0. The first-order chi connectivity index (χ1) is 12.5. The van der Waals surface area contributed by atoms with Gasteiger partial charge < -0.3 is 10.6 Å². The number of anilines is 2. The van der Waals surface area contributed by atoms with Crippen molar-refractivity contribution in [3.8, 4) is 12.3 Å². The second-order valence-electron chi connectivity index (χ2n) is 5.83. The van der Waals surface area contributed by atoms with Gasteiger partial charge >= 0.3 is 0 Å². The number of H-pyrrole nitrogens is 1. The molecule has 26 heavy (non-hydrogen) atoms. The quantitative estimate of drug-likeness (QED) is 0.538. The highest BCUT2D eigenvalue weighted by atomic mass is 16.1. The maximum Gasteiger partial charge on any atom is 0.261 e. The van der Waals surface area contributed by atoms with Crippen molar-refractivity contribution >= 4 is 28.5 Å². The summed E-state index contributed by atoms with van der Waals surface area (Å²) >= 11 is 0. The average Bonchev–Trinajstić information content (AvgIpc) is 2.62. The van der Waals surface area contributed by atoms with Crippen molar-refractivity contribution in [1.29, 1.82) is 0 Å². The molecule has 3 rings (SSSR count). The predicted octanol–water partition coefficient (Wildman–Crippen LogP) is 1.74. The SMILES string of the molecule is C#CCN(Cc1cnc2nc(N)[nH]c(=O)c2c1)c1ccc(C(C)=O)cc1. The normalized spacial score (nSPS) is 10.5. The first kappa shape index (κ1) is 17.2. The van der Waals surface area contributed by atoms with Crippen LogP contribution in [0.1, 0.15) is 22.8 Å². The summed E-state index contributed by atoms with van der Waals surface area (Å²) in [6.07, 6.45) is 7.13. The van der Waals surface area contributed by atoms with Gasteiger partial charge in [0.15, 0.2) is 11.4 Å². The second kappa shape index (κ2) is 7.07. The zero-order valence-electron chi connectivity index (χ0n) is 14.2. The summed E-state index contributed by atoms with van der Waals surface area (Å²) in [5, 5.41) is 0.365. The molecule has 0 bridgehead atoms. The van der Waals surface area contributed by atoms with Crippen molar-refractivity contribution in [3.05, 3.63) is 58.0 Å². The molecule has 0 aliphatic carbocycles. The molecule has 0 saturated heterocycles. The van der Waals surface area contributed by atoms with Gasteiger partial charge in [-0.3, -0.25) is 14.6 Å². The molecule has 0 spiro atoms. The van der Waals surface area contributed by atoms with Gasteiger partial charge in [-0.2, -0.15) is 4.98 Å². The van der Waals surface area contributed by atoms with Crippen LogP contribution in [0.15, 0.2) is 41.3 Å². The Hall–Kier alpha value is -3.66. The molecule has 0 atom stereocenters. The minimum atomic E-state index is -0.337. The summed E-state index contributed by atoms with van der Waals surface area (Å²) in [6, 6.07) is 8.94. The minimum absolute atomic E-state index is 0.00442. The lowest BCUT2D eigenvalue weighted by Gasteiger charge is -2.22. The fraction of sp³-hybridized carbons (Fsp3) is 0.158. The van der Waals surface area contributed by atoms with Gasteiger partial charge in [0, 0.05) is 24.0 Å². The molecule has 1 aromatic carbocycles. The van der Waals surface area contributed by atoms with Gasteiger partial charge in [-0.25, -0.2) is 4.98 Å². The molecule has 130 valence electrons. The van der Waals surface area contributed by atoms with Crippen molar-refractivity contribution < 1.29 is 4.79 Å². The molecule has 0 amide bonds. The van der Waals surface area contributed by atoms with Gasteiger partial charge in [0.1, 0.15) is 0 Å². The van der Waals surface area contributed by atoms with Crippen LogP contribution in [0.3, 0.4) is 0 Å². The average molecular weight is 347 g/mol. The van der Waals surface area contributed by atoms with Gasteiger partial charge in [-0.15, -0.1) is 6.42 Å². The van der Waals surface area contributed by atoms with E-state index in [4.69, 9.17) is 12.2 Å². The molecule has 2 heterocycles. The molecule has 0 unspecified atom stereocenters. The van der Waals surface area contributed by atoms with Crippen LogP contribution in [-0.2, 0) is 6.54 Å². The van der Waals surface area contributed by atoms with Crippen LogP contribution in [0.25, 0.3) is 11.0 Å². The van der Waals surface area contributed by atoms with Crippen molar-refractivity contribution in [2.75, 3.05) is 17.2 Å². The maximum atomic E-state index is 12.0. The van der Waals surface area contributed by atoms with Crippen molar-refractivity contribution in [2.24, 2.45) is 0 Å². The van der Waals surface area contributed by atoms with Gasteiger partial charge in [0.05, 0.1) is 11.9 Å². The molecule has 0 radical (unpaired) electrons. The molecular formula is C19H17N5O2. The number of aromatic nitrogens is 3. The van der Waals surface area contributed by atoms with Gasteiger partial charge in [0.2, 0.25) is 5.95 Å². The summed E-state index contributed by atoms with van der Waals surface area (Å²) in [6.45, 7) is 2.34. The highest BCUT2D eigenvalue weighted by molar-refractivity contribution is 5.94. The Morgan fingerprint density at radius 1 is 1.35 bits per heavy atom. The fourth-order valence-corrected chi connectivity index (χ4v) is 2.65. The summed E-state index contributed by atoms with van der Waals surface area (Å²) in [5.74, 6) is 2.66. The molecule has 7 nitrogen and oxygen atoms in total. The lowest BCUT2D eigenvalue weighted by molar-refractivity contribution is 0.101. The van der Waals surface area contributed by atoms with Crippen LogP contribution in [0, 0.1) is 12.3 Å². The molecule has 7 heteroatoms. The Kier molecular flexibility index (Phi) is 4.67. The standard InChI is InChI=1S/C19H17N5O2/c1-3-8-24(15-6-4-14(5-7-15)12(2)25)11-13-9-16-17(21-10-13)22-19(20)23-18(16)26/h1,4-7,9-10H,8,11H2,2H3,(H3,20,21,22,23,26). The molecule has 3 aromatic rings. The van der Waals surface area contributed by atoms with E-state index in [0.717, 1.165) is 11.3 Å². The highest BCUT2D eigenvalue weighted by Crippen LogP contribution is 2.19. The first-order valence-electron chi connectivity index (χ1n) is 7.92. The highest BCUT2D eigenvalue weighted by Gasteiger charge is 2.10. The Labute approximate surface area is 149 Å². The fourth-order valence-electron chi connectivity index (χ4n) is 2.65. The number of nitrogens with one attached hydrogen (secondary N) is 1. The monoisotopic (exact) mass is 347 g/mol. The smallest absolute Gasteiger partial charge is 0.261 e. The molecule has 0 aliphatic rings. The molecule has 2 aromatic heterocycles. The number of benzene rings is 1. The van der Waals surface area contributed by atoms with E-state index in [2.05, 4.69) is 20.9 Å². The van der Waals surface area contributed by atoms with E-state index >= 15 is 0 Å². The molecule has 3 N–H and O–H groups in total. The van der Waals surface area contributed by atoms with E-state index in [1.165, 1.54) is 6.92 Å². The number of hydrogen-bond acceptors (Lipinski definition) is 6. The number of rotatable bonds is 5. The van der Waals surface area contributed by atoms with Crippen LogP contribution in [0.5, 0.6) is 0 Å². The van der Waals surface area contributed by atoms with Crippen molar-refractivity contribution in [1.82, 2.24) is 15.0 Å². The van der Waals surface area contributed by atoms with Crippen molar-refractivity contribution in [3.63, 3.8) is 0 Å². The second-order valence-corrected chi connectivity index (χ2v) is 5.83. The van der Waals surface area contributed by atoms with Gasteiger partial charge in [-0.05, 0) is 42.8 Å². The number of nitrogen functional groups attached to an aromatic ring is 1. The number of aromatic amines is 1. The van der Waals surface area contributed by atoms with Crippen LogP contribution in [0.2, 0.25) is 0 Å². The number of terminal acetylenes is 1. The Balaban J connectivity index is 1.93. The zero-order chi connectivity index (χ0) is 18.7. The van der Waals surface area contributed by atoms with Crippen LogP contribution < -0.4 is 16.2 Å². The number of carbonyl (C=O) groups is 1. The largest absolute Gasteiger partial charge is 0.369 e. The summed E-state index contributed by atoms with van der Waals surface area (Å²) in [4.78, 5) is 36.1. The van der Waals surface area contributed by atoms with E-state index in [1.807, 2.05) is 17.0 Å². The number of pyridine rings is 1. The van der Waals surface area contributed by atoms with E-state index in [1.54, 1.807) is 24.4 Å². The molecule has 0 saturated carbocycles. The van der Waals surface area contributed by atoms with Crippen LogP contribution in [-0.4, -0.2) is 27.3 Å². The van der Waals surface area contributed by atoms with Crippen LogP contribution >= 0.6 is 0 Å². The van der Waals surface area contributed by atoms with E-state index < -0.39 is 0 Å². The van der Waals surface area contributed by atoms with E-state index in [-0.39, 0.29) is 17.3 Å². The van der Waals surface area contributed by atoms with E-state index in [0.29, 0.717) is 29.7 Å². The first-order valence-corrected chi connectivity index (χ1v) is 7.92. The topological polar surface area (TPSA) is 105 Å².